The van der Waals surface area contributed by atoms with Crippen LogP contribution in [0.4, 0.5) is 4.39 Å². The standard InChI is InChI=1S/C13H21FN2/c1-3-6-11-8-9-12(14)13(16-11)7-5-10-15-4-2/h8-9,15H,3-7,10H2,1-2H3. The van der Waals surface area contributed by atoms with Crippen molar-refractivity contribution in [3.05, 3.63) is 29.3 Å². The lowest BCUT2D eigenvalue weighted by Gasteiger charge is -2.05. The van der Waals surface area contributed by atoms with E-state index in [9.17, 15) is 4.39 Å². The molecule has 3 heteroatoms. The molecule has 1 aromatic heterocycles. The Hall–Kier alpha value is -0.960. The molecule has 0 aliphatic rings. The minimum atomic E-state index is -0.170. The Balaban J connectivity index is 2.52. The molecule has 0 saturated heterocycles. The molecule has 0 unspecified atom stereocenters. The van der Waals surface area contributed by atoms with Crippen LogP contribution in [-0.4, -0.2) is 18.1 Å². The fraction of sp³-hybridized carbons (Fsp3) is 0.615. The third-order valence-electron chi connectivity index (χ3n) is 2.50. The molecule has 2 nitrogen and oxygen atoms in total. The van der Waals surface area contributed by atoms with Crippen LogP contribution in [0.25, 0.3) is 0 Å². The van der Waals surface area contributed by atoms with Gasteiger partial charge in [0.2, 0.25) is 0 Å². The average Bonchev–Trinajstić information content (AvgIpc) is 2.29. The topological polar surface area (TPSA) is 24.9 Å². The van der Waals surface area contributed by atoms with Gasteiger partial charge in [-0.3, -0.25) is 4.98 Å². The molecule has 0 aromatic carbocycles. The van der Waals surface area contributed by atoms with Crippen LogP contribution in [0.2, 0.25) is 0 Å². The molecule has 16 heavy (non-hydrogen) atoms. The van der Waals surface area contributed by atoms with E-state index in [1.807, 2.05) is 0 Å². The van der Waals surface area contributed by atoms with Crippen molar-refractivity contribution in [2.45, 2.75) is 39.5 Å². The molecular weight excluding hydrogens is 203 g/mol. The number of aryl methyl sites for hydroxylation is 2. The number of aromatic nitrogens is 1. The molecule has 1 aromatic rings. The molecule has 0 saturated carbocycles. The molecule has 0 fully saturated rings. The number of rotatable bonds is 7. The zero-order valence-corrected chi connectivity index (χ0v) is 10.2. The molecule has 90 valence electrons. The fourth-order valence-electron chi connectivity index (χ4n) is 1.66. The molecule has 0 radical (unpaired) electrons. The third-order valence-corrected chi connectivity index (χ3v) is 2.50. The van der Waals surface area contributed by atoms with Gasteiger partial charge in [0, 0.05) is 5.69 Å². The Kier molecular flexibility index (Phi) is 6.01. The summed E-state index contributed by atoms with van der Waals surface area (Å²) in [4.78, 5) is 4.36. The molecule has 0 aliphatic carbocycles. The summed E-state index contributed by atoms with van der Waals surface area (Å²) >= 11 is 0. The highest BCUT2D eigenvalue weighted by atomic mass is 19.1. The number of hydrogen-bond donors (Lipinski definition) is 1. The van der Waals surface area contributed by atoms with Gasteiger partial charge in [0.05, 0.1) is 5.69 Å². The monoisotopic (exact) mass is 224 g/mol. The predicted octanol–water partition coefficient (Wildman–Crippen LogP) is 2.72. The van der Waals surface area contributed by atoms with Gasteiger partial charge in [0.15, 0.2) is 0 Å². The van der Waals surface area contributed by atoms with E-state index in [-0.39, 0.29) is 5.82 Å². The Morgan fingerprint density at radius 1 is 1.25 bits per heavy atom. The van der Waals surface area contributed by atoms with Crippen LogP contribution in [-0.2, 0) is 12.8 Å². The summed E-state index contributed by atoms with van der Waals surface area (Å²) in [5, 5.41) is 3.23. The van der Waals surface area contributed by atoms with Crippen LogP contribution in [0.15, 0.2) is 12.1 Å². The lowest BCUT2D eigenvalue weighted by molar-refractivity contribution is 0.581. The van der Waals surface area contributed by atoms with Crippen molar-refractivity contribution >= 4 is 0 Å². The summed E-state index contributed by atoms with van der Waals surface area (Å²) in [5.41, 5.74) is 1.62. The molecule has 0 bridgehead atoms. The number of pyridine rings is 1. The van der Waals surface area contributed by atoms with Gasteiger partial charge >= 0.3 is 0 Å². The first kappa shape index (κ1) is 13.1. The van der Waals surface area contributed by atoms with E-state index in [1.54, 1.807) is 12.1 Å². The first-order valence-electron chi connectivity index (χ1n) is 6.13. The van der Waals surface area contributed by atoms with E-state index in [1.165, 1.54) is 0 Å². The number of halogens is 1. The predicted molar refractivity (Wildman–Crippen MR) is 65.1 cm³/mol. The van der Waals surface area contributed by atoms with Crippen LogP contribution >= 0.6 is 0 Å². The normalized spacial score (nSPS) is 10.7. The first-order chi connectivity index (χ1) is 7.77. The van der Waals surface area contributed by atoms with Crippen molar-refractivity contribution in [2.24, 2.45) is 0 Å². The van der Waals surface area contributed by atoms with Crippen molar-refractivity contribution in [3.63, 3.8) is 0 Å². The van der Waals surface area contributed by atoms with Gasteiger partial charge in [-0.15, -0.1) is 0 Å². The van der Waals surface area contributed by atoms with Crippen molar-refractivity contribution in [1.82, 2.24) is 10.3 Å². The fourth-order valence-corrected chi connectivity index (χ4v) is 1.66. The van der Waals surface area contributed by atoms with Gasteiger partial charge in [-0.2, -0.15) is 0 Å². The quantitative estimate of drug-likeness (QED) is 0.720. The average molecular weight is 224 g/mol. The molecule has 1 rings (SSSR count). The molecule has 1 heterocycles. The maximum absolute atomic E-state index is 13.4. The van der Waals surface area contributed by atoms with Crippen molar-refractivity contribution in [2.75, 3.05) is 13.1 Å². The van der Waals surface area contributed by atoms with Crippen LogP contribution in [0, 0.1) is 5.82 Å². The van der Waals surface area contributed by atoms with Crippen molar-refractivity contribution < 1.29 is 4.39 Å². The van der Waals surface area contributed by atoms with Crippen molar-refractivity contribution in [1.29, 1.82) is 0 Å². The van der Waals surface area contributed by atoms with E-state index < -0.39 is 0 Å². The molecule has 0 amide bonds. The van der Waals surface area contributed by atoms with E-state index in [4.69, 9.17) is 0 Å². The third kappa shape index (κ3) is 4.27. The summed E-state index contributed by atoms with van der Waals surface area (Å²) < 4.78 is 13.4. The maximum Gasteiger partial charge on any atom is 0.144 e. The highest BCUT2D eigenvalue weighted by molar-refractivity contribution is 5.13. The van der Waals surface area contributed by atoms with Gasteiger partial charge in [-0.1, -0.05) is 20.3 Å². The van der Waals surface area contributed by atoms with Gasteiger partial charge in [-0.25, -0.2) is 4.39 Å². The molecule has 0 aliphatic heterocycles. The summed E-state index contributed by atoms with van der Waals surface area (Å²) in [7, 11) is 0. The lowest BCUT2D eigenvalue weighted by atomic mass is 10.1. The smallest absolute Gasteiger partial charge is 0.144 e. The summed E-state index contributed by atoms with van der Waals surface area (Å²) in [6.07, 6.45) is 3.64. The van der Waals surface area contributed by atoms with E-state index in [2.05, 4.69) is 24.1 Å². The minimum Gasteiger partial charge on any atom is -0.317 e. The highest BCUT2D eigenvalue weighted by Crippen LogP contribution is 2.09. The number of hydrogen-bond acceptors (Lipinski definition) is 2. The van der Waals surface area contributed by atoms with Gasteiger partial charge in [0.25, 0.3) is 0 Å². The van der Waals surface area contributed by atoms with Gasteiger partial charge < -0.3 is 5.32 Å². The van der Waals surface area contributed by atoms with Crippen LogP contribution in [0.5, 0.6) is 0 Å². The Bertz CT molecular complexity index is 313. The summed E-state index contributed by atoms with van der Waals surface area (Å²) in [6, 6.07) is 3.33. The molecule has 0 spiro atoms. The van der Waals surface area contributed by atoms with Crippen LogP contribution < -0.4 is 5.32 Å². The van der Waals surface area contributed by atoms with E-state index in [0.29, 0.717) is 5.69 Å². The zero-order valence-electron chi connectivity index (χ0n) is 10.2. The van der Waals surface area contributed by atoms with E-state index in [0.717, 1.165) is 44.5 Å². The van der Waals surface area contributed by atoms with Crippen LogP contribution in [0.1, 0.15) is 38.1 Å². The van der Waals surface area contributed by atoms with E-state index >= 15 is 0 Å². The second kappa shape index (κ2) is 7.34. The Morgan fingerprint density at radius 2 is 2.06 bits per heavy atom. The SMILES string of the molecule is CCCc1ccc(F)c(CCCNCC)n1. The largest absolute Gasteiger partial charge is 0.317 e. The molecule has 1 N–H and O–H groups in total. The maximum atomic E-state index is 13.4. The minimum absolute atomic E-state index is 0.170. The first-order valence-corrected chi connectivity index (χ1v) is 6.13. The second-order valence-corrected chi connectivity index (χ2v) is 3.94. The molecule has 0 atom stereocenters. The second-order valence-electron chi connectivity index (χ2n) is 3.94. The van der Waals surface area contributed by atoms with Crippen molar-refractivity contribution in [3.8, 4) is 0 Å². The lowest BCUT2D eigenvalue weighted by Crippen LogP contribution is -2.15. The van der Waals surface area contributed by atoms with Gasteiger partial charge in [-0.05, 0) is 44.5 Å². The Morgan fingerprint density at radius 3 is 2.75 bits per heavy atom. The van der Waals surface area contributed by atoms with Gasteiger partial charge in [0.1, 0.15) is 5.82 Å². The highest BCUT2D eigenvalue weighted by Gasteiger charge is 2.04. The zero-order chi connectivity index (χ0) is 11.8. The van der Waals surface area contributed by atoms with Crippen LogP contribution in [0.3, 0.4) is 0 Å². The number of nitrogens with one attached hydrogen (secondary N) is 1. The Labute approximate surface area is 97.3 Å². The molecular formula is C13H21FN2. The number of nitrogens with zero attached hydrogens (tertiary/aromatic N) is 1. The summed E-state index contributed by atoms with van der Waals surface area (Å²) in [6.45, 7) is 6.07. The summed E-state index contributed by atoms with van der Waals surface area (Å²) in [5.74, 6) is -0.170.